The molecule has 1 aromatic heterocycles. The van der Waals surface area contributed by atoms with E-state index in [-0.39, 0.29) is 0 Å². The first-order chi connectivity index (χ1) is 19.1. The fraction of sp³-hybridized carbons (Fsp3) is 0.167. The second kappa shape index (κ2) is 12.3. The molecule has 0 saturated carbocycles. The molecule has 0 saturated heterocycles. The predicted molar refractivity (Wildman–Crippen MR) is 160 cm³/mol. The van der Waals surface area contributed by atoms with E-state index in [4.69, 9.17) is 0 Å². The second-order valence-corrected chi connectivity index (χ2v) is 9.75. The van der Waals surface area contributed by atoms with Gasteiger partial charge in [0.25, 0.3) is 0 Å². The van der Waals surface area contributed by atoms with Crippen LogP contribution in [0.15, 0.2) is 122 Å². The number of para-hydroxylation sites is 1. The minimum absolute atomic E-state index is 0.631. The molecule has 194 valence electrons. The van der Waals surface area contributed by atoms with Crippen molar-refractivity contribution in [1.29, 1.82) is 0 Å². The van der Waals surface area contributed by atoms with E-state index in [1.165, 1.54) is 17.0 Å². The van der Waals surface area contributed by atoms with Gasteiger partial charge in [-0.25, -0.2) is 4.98 Å². The summed E-state index contributed by atoms with van der Waals surface area (Å²) in [6, 6.07) is 29.3. The zero-order valence-electron chi connectivity index (χ0n) is 22.1. The number of rotatable bonds is 9. The number of hydrogen-bond acceptors (Lipinski definition) is 9. The van der Waals surface area contributed by atoms with Crippen LogP contribution in [0.3, 0.4) is 0 Å². The number of thiazole rings is 1. The Kier molecular flexibility index (Phi) is 8.18. The maximum atomic E-state index is 4.47. The number of fused-ring (bicyclic) bond motifs is 1. The fourth-order valence-electron chi connectivity index (χ4n) is 3.95. The SMILES string of the molecule is CCN(CC)c1ccc(N=Nc2ccc(N=Nc3ccc(N=Nc4nc5ccccc5s4)cc3)c(C)c2)cc1. The van der Waals surface area contributed by atoms with Crippen LogP contribution in [0.2, 0.25) is 0 Å². The molecule has 0 fully saturated rings. The number of aromatic nitrogens is 1. The maximum Gasteiger partial charge on any atom is 0.231 e. The van der Waals surface area contributed by atoms with E-state index in [2.05, 4.69) is 66.5 Å². The van der Waals surface area contributed by atoms with Crippen LogP contribution in [0, 0.1) is 6.92 Å². The predicted octanol–water partition coefficient (Wildman–Crippen LogP) is 10.7. The van der Waals surface area contributed by atoms with Gasteiger partial charge >= 0.3 is 0 Å². The summed E-state index contributed by atoms with van der Waals surface area (Å²) in [5, 5.41) is 26.7. The number of azo groups is 3. The van der Waals surface area contributed by atoms with Gasteiger partial charge in [-0.05, 0) is 105 Å². The number of anilines is 1. The van der Waals surface area contributed by atoms with Crippen LogP contribution in [0.4, 0.5) is 39.3 Å². The van der Waals surface area contributed by atoms with Crippen LogP contribution in [0.25, 0.3) is 10.2 Å². The molecule has 0 atom stereocenters. The Morgan fingerprint density at radius 3 is 1.85 bits per heavy atom. The molecule has 0 bridgehead atoms. The zero-order valence-corrected chi connectivity index (χ0v) is 22.9. The standard InChI is InChI=1S/C30H28N8S/c1-4-38(5-2)26-17-14-24(15-18-26)32-35-25-16-19-27(21(3)20-25)36-33-22-10-12-23(13-11-22)34-37-30-31-28-8-6-7-9-29(28)39-30/h6-20H,4-5H2,1-3H3. The topological polar surface area (TPSA) is 90.3 Å². The molecule has 4 aromatic carbocycles. The molecule has 9 heteroatoms. The van der Waals surface area contributed by atoms with Crippen molar-refractivity contribution in [3.05, 3.63) is 96.6 Å². The zero-order chi connectivity index (χ0) is 27.0. The van der Waals surface area contributed by atoms with E-state index in [1.807, 2.05) is 85.8 Å². The summed E-state index contributed by atoms with van der Waals surface area (Å²) in [5.74, 6) is 0. The fourth-order valence-corrected chi connectivity index (χ4v) is 4.74. The first-order valence-electron chi connectivity index (χ1n) is 12.8. The molecule has 0 unspecified atom stereocenters. The van der Waals surface area contributed by atoms with Gasteiger partial charge in [0, 0.05) is 18.8 Å². The summed E-state index contributed by atoms with van der Waals surface area (Å²) in [7, 11) is 0. The van der Waals surface area contributed by atoms with Crippen LogP contribution < -0.4 is 4.90 Å². The lowest BCUT2D eigenvalue weighted by atomic mass is 10.2. The molecule has 0 aliphatic rings. The molecule has 5 aromatic rings. The molecule has 39 heavy (non-hydrogen) atoms. The quantitative estimate of drug-likeness (QED) is 0.177. The molecular formula is C30H28N8S. The van der Waals surface area contributed by atoms with Gasteiger partial charge in [0.2, 0.25) is 5.13 Å². The summed E-state index contributed by atoms with van der Waals surface area (Å²) >= 11 is 1.51. The Labute approximate surface area is 231 Å². The lowest BCUT2D eigenvalue weighted by Crippen LogP contribution is -2.21. The lowest BCUT2D eigenvalue weighted by Gasteiger charge is -2.20. The van der Waals surface area contributed by atoms with Gasteiger partial charge in [0.05, 0.1) is 38.7 Å². The van der Waals surface area contributed by atoms with Crippen molar-refractivity contribution < 1.29 is 0 Å². The molecule has 0 spiro atoms. The highest BCUT2D eigenvalue weighted by Crippen LogP contribution is 2.31. The van der Waals surface area contributed by atoms with Crippen molar-refractivity contribution in [3.8, 4) is 0 Å². The average molecular weight is 533 g/mol. The number of hydrogen-bond donors (Lipinski definition) is 0. The van der Waals surface area contributed by atoms with Crippen molar-refractivity contribution in [1.82, 2.24) is 4.98 Å². The second-order valence-electron chi connectivity index (χ2n) is 8.74. The third-order valence-corrected chi connectivity index (χ3v) is 7.02. The third kappa shape index (κ3) is 6.63. The van der Waals surface area contributed by atoms with Gasteiger partial charge in [0.1, 0.15) is 0 Å². The van der Waals surface area contributed by atoms with Crippen LogP contribution in [-0.2, 0) is 0 Å². The smallest absolute Gasteiger partial charge is 0.231 e. The molecule has 0 aliphatic heterocycles. The van der Waals surface area contributed by atoms with Crippen LogP contribution >= 0.6 is 11.3 Å². The van der Waals surface area contributed by atoms with Gasteiger partial charge < -0.3 is 4.90 Å². The highest BCUT2D eigenvalue weighted by Gasteiger charge is 2.03. The minimum Gasteiger partial charge on any atom is -0.372 e. The number of benzene rings is 4. The Hall–Kier alpha value is -4.63. The summed E-state index contributed by atoms with van der Waals surface area (Å²) in [6.45, 7) is 8.24. The van der Waals surface area contributed by atoms with Crippen molar-refractivity contribution in [2.24, 2.45) is 30.7 Å². The molecule has 8 nitrogen and oxygen atoms in total. The lowest BCUT2D eigenvalue weighted by molar-refractivity contribution is 0.866. The first-order valence-corrected chi connectivity index (χ1v) is 13.6. The third-order valence-electron chi connectivity index (χ3n) is 6.10. The summed E-state index contributed by atoms with van der Waals surface area (Å²) in [5.41, 5.74) is 6.89. The molecule has 0 aliphatic carbocycles. The van der Waals surface area contributed by atoms with Crippen molar-refractivity contribution in [3.63, 3.8) is 0 Å². The van der Waals surface area contributed by atoms with Crippen molar-refractivity contribution >= 4 is 60.8 Å². The van der Waals surface area contributed by atoms with Crippen molar-refractivity contribution in [2.75, 3.05) is 18.0 Å². The van der Waals surface area contributed by atoms with Gasteiger partial charge in [-0.1, -0.05) is 23.5 Å². The maximum absolute atomic E-state index is 4.47. The Balaban J connectivity index is 1.20. The van der Waals surface area contributed by atoms with Gasteiger partial charge in [-0.2, -0.15) is 20.5 Å². The summed E-state index contributed by atoms with van der Waals surface area (Å²) in [6.07, 6.45) is 0. The molecule has 0 radical (unpaired) electrons. The minimum atomic E-state index is 0.631. The van der Waals surface area contributed by atoms with Crippen molar-refractivity contribution in [2.45, 2.75) is 20.8 Å². The van der Waals surface area contributed by atoms with E-state index in [1.54, 1.807) is 0 Å². The highest BCUT2D eigenvalue weighted by molar-refractivity contribution is 7.21. The number of nitrogens with zero attached hydrogens (tertiary/aromatic N) is 8. The van der Waals surface area contributed by atoms with E-state index < -0.39 is 0 Å². The van der Waals surface area contributed by atoms with Gasteiger partial charge in [-0.15, -0.1) is 10.2 Å². The Bertz CT molecular complexity index is 1600. The molecule has 0 N–H and O–H groups in total. The van der Waals surface area contributed by atoms with E-state index >= 15 is 0 Å². The van der Waals surface area contributed by atoms with Crippen LogP contribution in [0.1, 0.15) is 19.4 Å². The first kappa shape index (κ1) is 26.0. The van der Waals surface area contributed by atoms with Crippen LogP contribution in [0.5, 0.6) is 0 Å². The van der Waals surface area contributed by atoms with Crippen LogP contribution in [-0.4, -0.2) is 18.1 Å². The van der Waals surface area contributed by atoms with Gasteiger partial charge in [0.15, 0.2) is 0 Å². The summed E-state index contributed by atoms with van der Waals surface area (Å²) in [4.78, 5) is 6.77. The monoisotopic (exact) mass is 532 g/mol. The van der Waals surface area contributed by atoms with Gasteiger partial charge in [-0.3, -0.25) is 0 Å². The van der Waals surface area contributed by atoms with E-state index in [9.17, 15) is 0 Å². The summed E-state index contributed by atoms with van der Waals surface area (Å²) < 4.78 is 1.09. The normalized spacial score (nSPS) is 11.9. The average Bonchev–Trinajstić information content (AvgIpc) is 3.39. The largest absolute Gasteiger partial charge is 0.372 e. The van der Waals surface area contributed by atoms with E-state index in [0.717, 1.165) is 57.3 Å². The highest BCUT2D eigenvalue weighted by atomic mass is 32.1. The number of aryl methyl sites for hydroxylation is 1. The molecule has 5 rings (SSSR count). The molecular weight excluding hydrogens is 504 g/mol. The Morgan fingerprint density at radius 2 is 1.21 bits per heavy atom. The Morgan fingerprint density at radius 1 is 0.641 bits per heavy atom. The molecule has 0 amide bonds. The van der Waals surface area contributed by atoms with E-state index in [0.29, 0.717) is 5.13 Å². The molecule has 1 heterocycles.